The maximum absolute atomic E-state index is 12.6. The van der Waals surface area contributed by atoms with Gasteiger partial charge in [0.05, 0.1) is 12.7 Å². The average molecular weight is 460 g/mol. The van der Waals surface area contributed by atoms with Crippen LogP contribution in [0.5, 0.6) is 17.2 Å². The Balaban J connectivity index is 1.73. The molecule has 0 amide bonds. The highest BCUT2D eigenvalue weighted by atomic mass is 16.7. The quantitative estimate of drug-likeness (QED) is 0.266. The minimum Gasteiger partial charge on any atom is -0.508 e. The lowest BCUT2D eigenvalue weighted by molar-refractivity contribution is -0.306. The fourth-order valence-corrected chi connectivity index (χ4v) is 3.86. The highest BCUT2D eigenvalue weighted by Gasteiger charge is 2.45. The van der Waals surface area contributed by atoms with Gasteiger partial charge in [-0.1, -0.05) is 18.2 Å². The number of aromatic hydroxyl groups is 2. The molecule has 2 aliphatic heterocycles. The number of esters is 1. The van der Waals surface area contributed by atoms with Crippen molar-refractivity contribution in [1.82, 2.24) is 0 Å². The number of aliphatic hydroxyl groups is 4. The zero-order chi connectivity index (χ0) is 23.7. The lowest BCUT2D eigenvalue weighted by atomic mass is 9.93. The monoisotopic (exact) mass is 460 g/mol. The van der Waals surface area contributed by atoms with Gasteiger partial charge in [-0.15, -0.1) is 0 Å². The first-order chi connectivity index (χ1) is 15.8. The Morgan fingerprint density at radius 1 is 0.939 bits per heavy atom. The Morgan fingerprint density at radius 2 is 1.64 bits per heavy atom. The molecule has 0 spiro atoms. The maximum atomic E-state index is 12.6. The van der Waals surface area contributed by atoms with Gasteiger partial charge in [0.25, 0.3) is 0 Å². The number of carbonyl (C=O) groups excluding carboxylic acids is 1. The summed E-state index contributed by atoms with van der Waals surface area (Å²) in [5, 5.41) is 59.5. The second-order valence-electron chi connectivity index (χ2n) is 7.89. The van der Waals surface area contributed by atoms with Gasteiger partial charge < -0.3 is 44.8 Å². The lowest BCUT2D eigenvalue weighted by Gasteiger charge is -2.41. The molecular formula is C23H24O10. The molecule has 0 saturated carbocycles. The molecular weight excluding hydrogens is 436 g/mol. The van der Waals surface area contributed by atoms with Crippen molar-refractivity contribution in [1.29, 1.82) is 0 Å². The molecule has 0 aromatic heterocycles. The Labute approximate surface area is 188 Å². The summed E-state index contributed by atoms with van der Waals surface area (Å²) in [6, 6.07) is 10.3. The van der Waals surface area contributed by atoms with Crippen molar-refractivity contribution in [2.45, 2.75) is 43.2 Å². The van der Waals surface area contributed by atoms with E-state index >= 15 is 0 Å². The molecule has 10 heteroatoms. The predicted octanol–water partition coefficient (Wildman–Crippen LogP) is -0.172. The molecule has 2 aliphatic rings. The summed E-state index contributed by atoms with van der Waals surface area (Å²) >= 11 is 0. The molecule has 2 aromatic rings. The van der Waals surface area contributed by atoms with Gasteiger partial charge in [-0.05, 0) is 34.9 Å². The van der Waals surface area contributed by atoms with E-state index in [1.54, 1.807) is 18.2 Å². The summed E-state index contributed by atoms with van der Waals surface area (Å²) in [6.07, 6.45) is -7.05. The van der Waals surface area contributed by atoms with E-state index in [9.17, 15) is 35.4 Å². The van der Waals surface area contributed by atoms with E-state index in [0.29, 0.717) is 16.7 Å². The van der Waals surface area contributed by atoms with Crippen LogP contribution in [0.25, 0.3) is 5.57 Å². The molecule has 6 atom stereocenters. The number of phenolic OH excluding ortho intramolecular Hbond substituents is 2. The number of ether oxygens (including phenoxy) is 3. The van der Waals surface area contributed by atoms with E-state index < -0.39 is 49.4 Å². The van der Waals surface area contributed by atoms with Crippen molar-refractivity contribution in [2.75, 3.05) is 6.61 Å². The van der Waals surface area contributed by atoms with Gasteiger partial charge in [0, 0.05) is 18.6 Å². The van der Waals surface area contributed by atoms with Crippen LogP contribution in [-0.2, 0) is 20.7 Å². The van der Waals surface area contributed by atoms with E-state index in [1.165, 1.54) is 30.3 Å². The SMILES string of the molecule is O=C1/C=C(/c2ccc(O)cc2)[C@@H](OC2OC(CO)C(O)C(O)C2O)Cc2ccc(O)cc2O1. The number of benzene rings is 2. The molecule has 1 saturated heterocycles. The van der Waals surface area contributed by atoms with Crippen molar-refractivity contribution in [2.24, 2.45) is 0 Å². The van der Waals surface area contributed by atoms with Crippen molar-refractivity contribution in [3.8, 4) is 17.2 Å². The second kappa shape index (κ2) is 9.48. The van der Waals surface area contributed by atoms with Crippen LogP contribution in [0.15, 0.2) is 48.5 Å². The third-order valence-corrected chi connectivity index (χ3v) is 5.63. The van der Waals surface area contributed by atoms with Crippen molar-refractivity contribution in [3.05, 3.63) is 59.7 Å². The van der Waals surface area contributed by atoms with Gasteiger partial charge in [-0.2, -0.15) is 0 Å². The molecule has 5 unspecified atom stereocenters. The number of hydrogen-bond donors (Lipinski definition) is 6. The minimum atomic E-state index is -1.64. The largest absolute Gasteiger partial charge is 0.508 e. The standard InChI is InChI=1S/C23H24O10/c24-10-18-20(28)21(29)22(30)23(33-18)32-17-7-12-3-6-14(26)8-16(12)31-19(27)9-15(17)11-1-4-13(25)5-2-11/h1-6,8-9,17-18,20-26,28-30H,7,10H2/b15-9-/t17-,18?,20?,21?,22?,23?/m0/s1. The number of fused-ring (bicyclic) bond motifs is 1. The third-order valence-electron chi connectivity index (χ3n) is 5.63. The smallest absolute Gasteiger partial charge is 0.336 e. The normalized spacial score (nSPS) is 31.5. The molecule has 0 bridgehead atoms. The van der Waals surface area contributed by atoms with Gasteiger partial charge in [0.2, 0.25) is 0 Å². The van der Waals surface area contributed by atoms with Crippen LogP contribution >= 0.6 is 0 Å². The van der Waals surface area contributed by atoms with E-state index in [-0.39, 0.29) is 23.7 Å². The fourth-order valence-electron chi connectivity index (χ4n) is 3.86. The van der Waals surface area contributed by atoms with Gasteiger partial charge in [-0.3, -0.25) is 0 Å². The maximum Gasteiger partial charge on any atom is 0.336 e. The van der Waals surface area contributed by atoms with E-state index in [2.05, 4.69) is 0 Å². The van der Waals surface area contributed by atoms with Crippen LogP contribution in [0.1, 0.15) is 11.1 Å². The number of phenols is 2. The number of aliphatic hydroxyl groups excluding tert-OH is 4. The molecule has 10 nitrogen and oxygen atoms in total. The molecule has 2 aromatic carbocycles. The molecule has 0 aliphatic carbocycles. The number of hydrogen-bond acceptors (Lipinski definition) is 10. The Morgan fingerprint density at radius 3 is 2.33 bits per heavy atom. The third kappa shape index (κ3) is 4.86. The Bertz CT molecular complexity index is 1030. The molecule has 0 radical (unpaired) electrons. The van der Waals surface area contributed by atoms with Gasteiger partial charge >= 0.3 is 5.97 Å². The summed E-state index contributed by atoms with van der Waals surface area (Å²) in [6.45, 7) is -0.620. The summed E-state index contributed by atoms with van der Waals surface area (Å²) in [5.74, 6) is -0.702. The van der Waals surface area contributed by atoms with Crippen LogP contribution < -0.4 is 4.74 Å². The van der Waals surface area contributed by atoms with Crippen LogP contribution in [0.3, 0.4) is 0 Å². The fraction of sp³-hybridized carbons (Fsp3) is 0.348. The van der Waals surface area contributed by atoms with Gasteiger partial charge in [0.1, 0.15) is 41.7 Å². The second-order valence-corrected chi connectivity index (χ2v) is 7.89. The van der Waals surface area contributed by atoms with Gasteiger partial charge in [-0.25, -0.2) is 4.79 Å². The minimum absolute atomic E-state index is 0.0139. The van der Waals surface area contributed by atoms with Crippen molar-refractivity contribution in [3.63, 3.8) is 0 Å². The highest BCUT2D eigenvalue weighted by molar-refractivity contribution is 5.94. The van der Waals surface area contributed by atoms with E-state index in [1.807, 2.05) is 0 Å². The van der Waals surface area contributed by atoms with Crippen LogP contribution in [0, 0.1) is 0 Å². The summed E-state index contributed by atoms with van der Waals surface area (Å²) < 4.78 is 16.8. The average Bonchev–Trinajstić information content (AvgIpc) is 2.78. The van der Waals surface area contributed by atoms with E-state index in [0.717, 1.165) is 0 Å². The Kier molecular flexibility index (Phi) is 6.66. The first-order valence-corrected chi connectivity index (χ1v) is 10.3. The zero-order valence-corrected chi connectivity index (χ0v) is 17.3. The summed E-state index contributed by atoms with van der Waals surface area (Å²) in [5.41, 5.74) is 1.37. The lowest BCUT2D eigenvalue weighted by Crippen LogP contribution is -2.59. The summed E-state index contributed by atoms with van der Waals surface area (Å²) in [4.78, 5) is 12.6. The topological polar surface area (TPSA) is 166 Å². The van der Waals surface area contributed by atoms with Gasteiger partial charge in [0.15, 0.2) is 6.29 Å². The number of carbonyl (C=O) groups is 1. The molecule has 33 heavy (non-hydrogen) atoms. The molecule has 1 fully saturated rings. The van der Waals surface area contributed by atoms with Crippen molar-refractivity contribution < 1.29 is 49.6 Å². The first kappa shape index (κ1) is 23.2. The molecule has 6 N–H and O–H groups in total. The molecule has 4 rings (SSSR count). The predicted molar refractivity (Wildman–Crippen MR) is 112 cm³/mol. The van der Waals surface area contributed by atoms with Crippen LogP contribution in [-0.4, -0.2) is 80.0 Å². The zero-order valence-electron chi connectivity index (χ0n) is 17.3. The van der Waals surface area contributed by atoms with E-state index in [4.69, 9.17) is 14.2 Å². The summed E-state index contributed by atoms with van der Waals surface area (Å²) in [7, 11) is 0. The highest BCUT2D eigenvalue weighted by Crippen LogP contribution is 2.35. The molecule has 2 heterocycles. The van der Waals surface area contributed by atoms with Crippen LogP contribution in [0.4, 0.5) is 0 Å². The van der Waals surface area contributed by atoms with Crippen LogP contribution in [0.2, 0.25) is 0 Å². The first-order valence-electron chi connectivity index (χ1n) is 10.3. The Hall–Kier alpha value is -2.99. The molecule has 176 valence electrons. The number of rotatable bonds is 4. The van der Waals surface area contributed by atoms with Crippen molar-refractivity contribution >= 4 is 11.5 Å².